The summed E-state index contributed by atoms with van der Waals surface area (Å²) in [4.78, 5) is 33.8. The molecule has 1 fully saturated rings. The zero-order chi connectivity index (χ0) is 17.3. The van der Waals surface area contributed by atoms with Crippen LogP contribution in [0.25, 0.3) is 11.4 Å². The largest absolute Gasteiger partial charge is 0.338 e. The number of hydrogen-bond donors (Lipinski definition) is 2. The van der Waals surface area contributed by atoms with E-state index in [0.29, 0.717) is 24.5 Å². The lowest BCUT2D eigenvalue weighted by Gasteiger charge is -2.42. The van der Waals surface area contributed by atoms with Crippen LogP contribution in [0.4, 0.5) is 0 Å². The number of likely N-dealkylation sites (tertiary alicyclic amines) is 1. The second kappa shape index (κ2) is 6.20. The normalized spacial score (nSPS) is 20.0. The van der Waals surface area contributed by atoms with Gasteiger partial charge in [-0.3, -0.25) is 14.6 Å². The summed E-state index contributed by atoms with van der Waals surface area (Å²) >= 11 is 0. The zero-order valence-electron chi connectivity index (χ0n) is 14.0. The lowest BCUT2D eigenvalue weighted by atomic mass is 9.79. The molecule has 1 amide bonds. The van der Waals surface area contributed by atoms with Gasteiger partial charge >= 0.3 is 0 Å². The molecule has 1 aliphatic rings. The summed E-state index contributed by atoms with van der Waals surface area (Å²) in [6.07, 6.45) is 2.40. The molecule has 24 heavy (non-hydrogen) atoms. The van der Waals surface area contributed by atoms with Gasteiger partial charge in [0, 0.05) is 25.3 Å². The average molecular weight is 326 g/mol. The summed E-state index contributed by atoms with van der Waals surface area (Å²) in [6.45, 7) is 5.22. The number of H-pyrrole nitrogens is 1. The first-order valence-corrected chi connectivity index (χ1v) is 8.08. The lowest BCUT2D eigenvalue weighted by molar-refractivity contribution is 0.0531. The molecule has 2 aromatic rings. The molecule has 2 aromatic heterocycles. The Hall–Kier alpha value is -2.47. The molecule has 0 aliphatic carbocycles. The molecule has 0 spiro atoms. The molecule has 3 rings (SSSR count). The highest BCUT2D eigenvalue weighted by Crippen LogP contribution is 2.28. The molecular formula is C18H22N4O2. The van der Waals surface area contributed by atoms with Crippen molar-refractivity contribution in [3.8, 4) is 11.4 Å². The third-order valence-corrected chi connectivity index (χ3v) is 4.68. The van der Waals surface area contributed by atoms with Crippen molar-refractivity contribution in [3.05, 3.63) is 52.4 Å². The molecule has 0 bridgehead atoms. The van der Waals surface area contributed by atoms with Crippen LogP contribution in [0.15, 0.2) is 41.3 Å². The number of carbonyl (C=O) groups is 1. The summed E-state index contributed by atoms with van der Waals surface area (Å²) in [5, 5.41) is 0. The first kappa shape index (κ1) is 16.4. The molecule has 126 valence electrons. The molecule has 0 radical (unpaired) electrons. The highest BCUT2D eigenvalue weighted by Gasteiger charge is 2.36. The summed E-state index contributed by atoms with van der Waals surface area (Å²) < 4.78 is 0. The Kier molecular flexibility index (Phi) is 4.24. The maximum atomic E-state index is 12.7. The Morgan fingerprint density at radius 1 is 1.33 bits per heavy atom. The monoisotopic (exact) mass is 326 g/mol. The van der Waals surface area contributed by atoms with Crippen LogP contribution in [0.3, 0.4) is 0 Å². The molecule has 6 heteroatoms. The Morgan fingerprint density at radius 2 is 2.12 bits per heavy atom. The fourth-order valence-corrected chi connectivity index (χ4v) is 3.03. The van der Waals surface area contributed by atoms with Gasteiger partial charge in [0.25, 0.3) is 11.5 Å². The van der Waals surface area contributed by atoms with E-state index in [9.17, 15) is 9.59 Å². The molecule has 1 saturated heterocycles. The fraction of sp³-hybridized carbons (Fsp3) is 0.389. The van der Waals surface area contributed by atoms with Crippen LogP contribution in [-0.2, 0) is 0 Å². The van der Waals surface area contributed by atoms with Gasteiger partial charge in [-0.1, -0.05) is 19.9 Å². The number of piperidine rings is 1. The first-order valence-electron chi connectivity index (χ1n) is 8.08. The third kappa shape index (κ3) is 3.10. The van der Waals surface area contributed by atoms with Gasteiger partial charge in [-0.15, -0.1) is 0 Å². The number of rotatable bonds is 2. The van der Waals surface area contributed by atoms with E-state index in [1.54, 1.807) is 29.3 Å². The Labute approximate surface area is 140 Å². The summed E-state index contributed by atoms with van der Waals surface area (Å²) in [5.41, 5.74) is 6.98. The molecule has 1 unspecified atom stereocenters. The minimum Gasteiger partial charge on any atom is -0.338 e. The average Bonchev–Trinajstić information content (AvgIpc) is 2.57. The van der Waals surface area contributed by atoms with E-state index in [4.69, 9.17) is 5.73 Å². The van der Waals surface area contributed by atoms with Gasteiger partial charge in [0.1, 0.15) is 5.56 Å². The van der Waals surface area contributed by atoms with Crippen LogP contribution < -0.4 is 11.3 Å². The molecular weight excluding hydrogens is 304 g/mol. The van der Waals surface area contributed by atoms with Gasteiger partial charge in [-0.05, 0) is 36.1 Å². The molecule has 6 nitrogen and oxygen atoms in total. The number of amides is 1. The fourth-order valence-electron chi connectivity index (χ4n) is 3.03. The number of hydrogen-bond acceptors (Lipinski definition) is 4. The van der Waals surface area contributed by atoms with E-state index in [1.165, 1.54) is 0 Å². The van der Waals surface area contributed by atoms with E-state index in [-0.39, 0.29) is 22.9 Å². The van der Waals surface area contributed by atoms with E-state index in [2.05, 4.69) is 9.97 Å². The van der Waals surface area contributed by atoms with Crippen molar-refractivity contribution >= 4 is 5.91 Å². The van der Waals surface area contributed by atoms with Crippen LogP contribution >= 0.6 is 0 Å². The van der Waals surface area contributed by atoms with Crippen molar-refractivity contribution < 1.29 is 4.79 Å². The predicted octanol–water partition coefficient (Wildman–Crippen LogP) is 1.64. The second-order valence-corrected chi connectivity index (χ2v) is 6.94. The summed E-state index contributed by atoms with van der Waals surface area (Å²) in [5.74, 6) is -0.246. The van der Waals surface area contributed by atoms with Gasteiger partial charge < -0.3 is 15.6 Å². The van der Waals surface area contributed by atoms with Crippen molar-refractivity contribution in [3.63, 3.8) is 0 Å². The van der Waals surface area contributed by atoms with Gasteiger partial charge in [0.15, 0.2) is 0 Å². The minimum absolute atomic E-state index is 0.0614. The molecule has 0 aromatic carbocycles. The molecule has 1 aliphatic heterocycles. The maximum Gasteiger partial charge on any atom is 0.261 e. The predicted molar refractivity (Wildman–Crippen MR) is 92.6 cm³/mol. The molecule has 0 saturated carbocycles. The van der Waals surface area contributed by atoms with Crippen LogP contribution in [-0.4, -0.2) is 39.9 Å². The Bertz CT molecular complexity index is 798. The van der Waals surface area contributed by atoms with E-state index < -0.39 is 5.56 Å². The van der Waals surface area contributed by atoms with Crippen LogP contribution in [0.5, 0.6) is 0 Å². The number of nitrogens with zero attached hydrogens (tertiary/aromatic N) is 2. The highest BCUT2D eigenvalue weighted by molar-refractivity contribution is 5.94. The van der Waals surface area contributed by atoms with Crippen LogP contribution in [0.1, 0.15) is 30.6 Å². The SMILES string of the molecule is CC1(C)CN(C(=O)c2ccc(-c3ccccn3)[nH]c2=O)CCC1N. The topological polar surface area (TPSA) is 92.1 Å². The summed E-state index contributed by atoms with van der Waals surface area (Å²) in [7, 11) is 0. The second-order valence-electron chi connectivity index (χ2n) is 6.94. The smallest absolute Gasteiger partial charge is 0.261 e. The van der Waals surface area contributed by atoms with Crippen molar-refractivity contribution in [2.45, 2.75) is 26.3 Å². The van der Waals surface area contributed by atoms with Gasteiger partial charge in [-0.25, -0.2) is 0 Å². The van der Waals surface area contributed by atoms with E-state index in [0.717, 1.165) is 6.42 Å². The van der Waals surface area contributed by atoms with Gasteiger partial charge in [0.05, 0.1) is 11.4 Å². The molecule has 1 atom stereocenters. The quantitative estimate of drug-likeness (QED) is 0.877. The molecule has 3 N–H and O–H groups in total. The Balaban J connectivity index is 1.85. The first-order chi connectivity index (χ1) is 11.4. The highest BCUT2D eigenvalue weighted by atomic mass is 16.2. The van der Waals surface area contributed by atoms with E-state index >= 15 is 0 Å². The van der Waals surface area contributed by atoms with Crippen molar-refractivity contribution in [1.82, 2.24) is 14.9 Å². The number of aromatic amines is 1. The number of carbonyl (C=O) groups excluding carboxylic acids is 1. The zero-order valence-corrected chi connectivity index (χ0v) is 14.0. The van der Waals surface area contributed by atoms with Crippen LogP contribution in [0.2, 0.25) is 0 Å². The van der Waals surface area contributed by atoms with E-state index in [1.807, 2.05) is 26.0 Å². The maximum absolute atomic E-state index is 12.7. The van der Waals surface area contributed by atoms with Crippen LogP contribution in [0, 0.1) is 5.41 Å². The van der Waals surface area contributed by atoms with Crippen molar-refractivity contribution in [2.75, 3.05) is 13.1 Å². The number of nitrogens with two attached hydrogens (primary N) is 1. The number of aromatic nitrogens is 2. The van der Waals surface area contributed by atoms with Gasteiger partial charge in [-0.2, -0.15) is 0 Å². The minimum atomic E-state index is -0.393. The standard InChI is InChI=1S/C18H22N4O2/c1-18(2)11-22(10-8-15(18)19)17(24)12-6-7-14(21-16(12)23)13-5-3-4-9-20-13/h3-7,9,15H,8,10-11,19H2,1-2H3,(H,21,23). The summed E-state index contributed by atoms with van der Waals surface area (Å²) in [6, 6.07) is 8.82. The third-order valence-electron chi connectivity index (χ3n) is 4.68. The van der Waals surface area contributed by atoms with Crippen molar-refractivity contribution in [2.24, 2.45) is 11.1 Å². The van der Waals surface area contributed by atoms with Crippen molar-refractivity contribution in [1.29, 1.82) is 0 Å². The lowest BCUT2D eigenvalue weighted by Crippen LogP contribution is -2.54. The van der Waals surface area contributed by atoms with Gasteiger partial charge in [0.2, 0.25) is 0 Å². The molecule has 3 heterocycles. The number of nitrogens with one attached hydrogen (secondary N) is 1. The number of pyridine rings is 2. The Morgan fingerprint density at radius 3 is 2.75 bits per heavy atom.